The number of ketones is 2. The lowest BCUT2D eigenvalue weighted by atomic mass is 10.0. The van der Waals surface area contributed by atoms with Crippen molar-refractivity contribution in [2.24, 2.45) is 0 Å². The summed E-state index contributed by atoms with van der Waals surface area (Å²) < 4.78 is 0. The van der Waals surface area contributed by atoms with Crippen LogP contribution in [0.15, 0.2) is 54.6 Å². The number of aliphatic hydroxyl groups is 1. The van der Waals surface area contributed by atoms with E-state index in [0.29, 0.717) is 17.5 Å². The second-order valence-electron chi connectivity index (χ2n) is 4.56. The van der Waals surface area contributed by atoms with Crippen molar-refractivity contribution in [2.45, 2.75) is 12.8 Å². The summed E-state index contributed by atoms with van der Waals surface area (Å²) >= 11 is 0. The molecular formula is C17H16O3. The number of Topliss-reactive ketones (excluding diaryl/α,β-unsaturated/α-hetero) is 2. The van der Waals surface area contributed by atoms with Crippen LogP contribution < -0.4 is 0 Å². The minimum atomic E-state index is -0.186. The molecule has 0 atom stereocenters. The number of carbonyl (C=O) groups is 2. The van der Waals surface area contributed by atoms with E-state index in [1.807, 2.05) is 6.07 Å². The van der Waals surface area contributed by atoms with Gasteiger partial charge in [-0.3, -0.25) is 9.59 Å². The molecule has 0 unspecified atom stereocenters. The average Bonchev–Trinajstić information content (AvgIpc) is 2.49. The molecule has 0 aromatic heterocycles. The van der Waals surface area contributed by atoms with Gasteiger partial charge in [0.05, 0.1) is 6.42 Å². The number of hydrogen-bond donors (Lipinski definition) is 1. The molecule has 0 radical (unpaired) electrons. The summed E-state index contributed by atoms with van der Waals surface area (Å²) in [6.07, 6.45) is 0.445. The van der Waals surface area contributed by atoms with Crippen molar-refractivity contribution in [3.8, 4) is 0 Å². The van der Waals surface area contributed by atoms with Crippen molar-refractivity contribution >= 4 is 11.6 Å². The van der Waals surface area contributed by atoms with Gasteiger partial charge in [-0.15, -0.1) is 0 Å². The molecule has 3 nitrogen and oxygen atoms in total. The van der Waals surface area contributed by atoms with Gasteiger partial charge in [-0.2, -0.15) is 0 Å². The van der Waals surface area contributed by atoms with Gasteiger partial charge in [0.2, 0.25) is 0 Å². The highest BCUT2D eigenvalue weighted by Crippen LogP contribution is 2.10. The molecule has 0 spiro atoms. The van der Waals surface area contributed by atoms with Crippen molar-refractivity contribution in [1.82, 2.24) is 0 Å². The van der Waals surface area contributed by atoms with Crippen molar-refractivity contribution < 1.29 is 14.7 Å². The van der Waals surface area contributed by atoms with Crippen LogP contribution in [0.5, 0.6) is 0 Å². The molecule has 0 saturated heterocycles. The van der Waals surface area contributed by atoms with Gasteiger partial charge in [-0.25, -0.2) is 0 Å². The van der Waals surface area contributed by atoms with E-state index in [-0.39, 0.29) is 24.6 Å². The predicted octanol–water partition coefficient (Wildman–Crippen LogP) is 2.68. The van der Waals surface area contributed by atoms with Crippen molar-refractivity contribution in [2.75, 3.05) is 6.61 Å². The SMILES string of the molecule is O=C(CC(=O)c1ccc(CCO)cc1)c1ccccc1. The molecule has 0 aliphatic heterocycles. The number of aliphatic hydroxyl groups excluding tert-OH is 1. The minimum Gasteiger partial charge on any atom is -0.396 e. The lowest BCUT2D eigenvalue weighted by Crippen LogP contribution is -2.08. The summed E-state index contributed by atoms with van der Waals surface area (Å²) in [5.41, 5.74) is 2.05. The predicted molar refractivity (Wildman–Crippen MR) is 77.0 cm³/mol. The van der Waals surface area contributed by atoms with Crippen LogP contribution >= 0.6 is 0 Å². The zero-order valence-corrected chi connectivity index (χ0v) is 11.1. The first kappa shape index (κ1) is 14.2. The standard InChI is InChI=1S/C17H16O3/c18-11-10-13-6-8-15(9-7-13)17(20)12-16(19)14-4-2-1-3-5-14/h1-9,18H,10-12H2. The molecule has 2 aromatic rings. The average molecular weight is 268 g/mol. The van der Waals surface area contributed by atoms with Gasteiger partial charge in [0, 0.05) is 17.7 Å². The van der Waals surface area contributed by atoms with Crippen LogP contribution in [0.25, 0.3) is 0 Å². The van der Waals surface area contributed by atoms with Gasteiger partial charge >= 0.3 is 0 Å². The second kappa shape index (κ2) is 6.78. The molecule has 0 aliphatic carbocycles. The summed E-state index contributed by atoms with van der Waals surface area (Å²) in [6, 6.07) is 15.8. The third-order valence-electron chi connectivity index (χ3n) is 3.09. The van der Waals surface area contributed by atoms with Crippen LogP contribution in [-0.4, -0.2) is 23.3 Å². The lowest BCUT2D eigenvalue weighted by Gasteiger charge is -2.03. The summed E-state index contributed by atoms with van der Waals surface area (Å²) in [5.74, 6) is -0.357. The van der Waals surface area contributed by atoms with E-state index in [0.717, 1.165) is 5.56 Å². The maximum absolute atomic E-state index is 12.0. The summed E-state index contributed by atoms with van der Waals surface area (Å²) in [5, 5.41) is 8.83. The highest BCUT2D eigenvalue weighted by molar-refractivity contribution is 6.13. The second-order valence-corrected chi connectivity index (χ2v) is 4.56. The molecular weight excluding hydrogens is 252 g/mol. The van der Waals surface area contributed by atoms with Crippen LogP contribution in [0, 0.1) is 0 Å². The van der Waals surface area contributed by atoms with Crippen LogP contribution in [0.1, 0.15) is 32.7 Å². The Morgan fingerprint density at radius 1 is 0.800 bits per heavy atom. The zero-order valence-electron chi connectivity index (χ0n) is 11.1. The molecule has 1 N–H and O–H groups in total. The monoisotopic (exact) mass is 268 g/mol. The Labute approximate surface area is 117 Å². The fourth-order valence-electron chi connectivity index (χ4n) is 1.96. The third-order valence-corrected chi connectivity index (χ3v) is 3.09. The van der Waals surface area contributed by atoms with E-state index in [9.17, 15) is 9.59 Å². The summed E-state index contributed by atoms with van der Waals surface area (Å²) in [7, 11) is 0. The number of rotatable bonds is 6. The first-order chi connectivity index (χ1) is 9.70. The molecule has 0 bridgehead atoms. The largest absolute Gasteiger partial charge is 0.396 e. The van der Waals surface area contributed by atoms with E-state index < -0.39 is 0 Å². The van der Waals surface area contributed by atoms with Gasteiger partial charge in [0.25, 0.3) is 0 Å². The first-order valence-corrected chi connectivity index (χ1v) is 6.52. The van der Waals surface area contributed by atoms with Gasteiger partial charge < -0.3 is 5.11 Å². The lowest BCUT2D eigenvalue weighted by molar-refractivity contribution is 0.0894. The van der Waals surface area contributed by atoms with Crippen LogP contribution in [-0.2, 0) is 6.42 Å². The van der Waals surface area contributed by atoms with Crippen molar-refractivity contribution in [3.63, 3.8) is 0 Å². The van der Waals surface area contributed by atoms with Gasteiger partial charge in [0.1, 0.15) is 0 Å². The fraction of sp³-hybridized carbons (Fsp3) is 0.176. The van der Waals surface area contributed by atoms with Gasteiger partial charge in [-0.1, -0.05) is 54.6 Å². The maximum atomic E-state index is 12.0. The topological polar surface area (TPSA) is 54.4 Å². The first-order valence-electron chi connectivity index (χ1n) is 6.52. The number of benzene rings is 2. The molecule has 0 saturated carbocycles. The Morgan fingerprint density at radius 3 is 1.90 bits per heavy atom. The van der Waals surface area contributed by atoms with E-state index in [1.165, 1.54) is 0 Å². The van der Waals surface area contributed by atoms with Crippen molar-refractivity contribution in [1.29, 1.82) is 0 Å². The highest BCUT2D eigenvalue weighted by atomic mass is 16.3. The van der Waals surface area contributed by atoms with E-state index in [1.54, 1.807) is 48.5 Å². The summed E-state index contributed by atoms with van der Waals surface area (Å²) in [4.78, 5) is 24.0. The maximum Gasteiger partial charge on any atom is 0.170 e. The molecule has 3 heteroatoms. The molecule has 0 fully saturated rings. The van der Waals surface area contributed by atoms with Crippen LogP contribution in [0.3, 0.4) is 0 Å². The van der Waals surface area contributed by atoms with E-state index in [4.69, 9.17) is 5.11 Å². The van der Waals surface area contributed by atoms with Crippen LogP contribution in [0.2, 0.25) is 0 Å². The molecule has 20 heavy (non-hydrogen) atoms. The minimum absolute atomic E-state index is 0.0831. The van der Waals surface area contributed by atoms with Crippen LogP contribution in [0.4, 0.5) is 0 Å². The van der Waals surface area contributed by atoms with Gasteiger partial charge in [0.15, 0.2) is 11.6 Å². The molecule has 0 amide bonds. The third kappa shape index (κ3) is 3.62. The number of carbonyl (C=O) groups excluding carboxylic acids is 2. The van der Waals surface area contributed by atoms with Gasteiger partial charge in [-0.05, 0) is 12.0 Å². The van der Waals surface area contributed by atoms with E-state index in [2.05, 4.69) is 0 Å². The molecule has 0 aliphatic rings. The highest BCUT2D eigenvalue weighted by Gasteiger charge is 2.13. The molecule has 2 rings (SSSR count). The van der Waals surface area contributed by atoms with E-state index >= 15 is 0 Å². The number of hydrogen-bond acceptors (Lipinski definition) is 3. The normalized spacial score (nSPS) is 10.2. The smallest absolute Gasteiger partial charge is 0.170 e. The molecule has 0 heterocycles. The Bertz CT molecular complexity index is 585. The Morgan fingerprint density at radius 2 is 1.35 bits per heavy atom. The molecule has 102 valence electrons. The zero-order chi connectivity index (χ0) is 14.4. The Kier molecular flexibility index (Phi) is 4.80. The Hall–Kier alpha value is -2.26. The quantitative estimate of drug-likeness (QED) is 0.647. The fourth-order valence-corrected chi connectivity index (χ4v) is 1.96. The molecule has 2 aromatic carbocycles. The summed E-state index contributed by atoms with van der Waals surface area (Å²) in [6.45, 7) is 0.0831. The Balaban J connectivity index is 2.03. The van der Waals surface area contributed by atoms with Crippen molar-refractivity contribution in [3.05, 3.63) is 71.3 Å².